The van der Waals surface area contributed by atoms with Gasteiger partial charge < -0.3 is 5.73 Å². The molecule has 0 saturated carbocycles. The van der Waals surface area contributed by atoms with E-state index >= 15 is 0 Å². The van der Waals surface area contributed by atoms with E-state index in [0.29, 0.717) is 13.1 Å². The van der Waals surface area contributed by atoms with Gasteiger partial charge in [-0.25, -0.2) is 0 Å². The van der Waals surface area contributed by atoms with Gasteiger partial charge in [-0.05, 0) is 6.07 Å². The topological polar surface area (TPSA) is 69.6 Å². The molecule has 0 fully saturated rings. The van der Waals surface area contributed by atoms with Crippen LogP contribution in [0.3, 0.4) is 0 Å². The number of nitrogens with zero attached hydrogens (tertiary/aromatic N) is 4. The first-order valence-corrected chi connectivity index (χ1v) is 5.83. The molecule has 0 aliphatic carbocycles. The fourth-order valence-electron chi connectivity index (χ4n) is 1.97. The Morgan fingerprint density at radius 2 is 2.06 bits per heavy atom. The van der Waals surface area contributed by atoms with E-state index in [0.717, 1.165) is 22.2 Å². The highest BCUT2D eigenvalue weighted by Gasteiger charge is 2.08. The van der Waals surface area contributed by atoms with E-state index in [-0.39, 0.29) is 0 Å². The first-order valence-electron chi connectivity index (χ1n) is 5.83. The smallest absolute Gasteiger partial charge is 0.115 e. The number of aromatic nitrogens is 4. The van der Waals surface area contributed by atoms with Crippen molar-refractivity contribution in [2.75, 3.05) is 6.54 Å². The summed E-state index contributed by atoms with van der Waals surface area (Å²) in [5.41, 5.74) is 8.27. The van der Waals surface area contributed by atoms with Crippen molar-refractivity contribution >= 4 is 10.9 Å². The first kappa shape index (κ1) is 10.9. The van der Waals surface area contributed by atoms with Gasteiger partial charge in [0.15, 0.2) is 0 Å². The monoisotopic (exact) mass is 239 g/mol. The Balaban J connectivity index is 2.12. The molecule has 0 atom stereocenters. The molecule has 5 nitrogen and oxygen atoms in total. The number of benzene rings is 1. The van der Waals surface area contributed by atoms with Crippen molar-refractivity contribution in [3.05, 3.63) is 42.7 Å². The Labute approximate surface area is 104 Å². The highest BCUT2D eigenvalue weighted by Crippen LogP contribution is 2.24. The van der Waals surface area contributed by atoms with Crippen LogP contribution in [0.1, 0.15) is 0 Å². The van der Waals surface area contributed by atoms with Gasteiger partial charge in [-0.3, -0.25) is 9.67 Å². The summed E-state index contributed by atoms with van der Waals surface area (Å²) in [6.45, 7) is 1.22. The van der Waals surface area contributed by atoms with E-state index in [1.54, 1.807) is 10.9 Å². The lowest BCUT2D eigenvalue weighted by molar-refractivity contribution is 0.598. The lowest BCUT2D eigenvalue weighted by Gasteiger charge is -2.01. The molecule has 90 valence electrons. The highest BCUT2D eigenvalue weighted by atomic mass is 15.4. The van der Waals surface area contributed by atoms with Gasteiger partial charge in [-0.1, -0.05) is 29.5 Å². The Morgan fingerprint density at radius 3 is 2.94 bits per heavy atom. The third-order valence-corrected chi connectivity index (χ3v) is 2.81. The number of hydrogen-bond donors (Lipinski definition) is 1. The third-order valence-electron chi connectivity index (χ3n) is 2.81. The minimum Gasteiger partial charge on any atom is -0.329 e. The van der Waals surface area contributed by atoms with E-state index in [4.69, 9.17) is 5.73 Å². The van der Waals surface area contributed by atoms with Crippen molar-refractivity contribution < 1.29 is 0 Å². The molecule has 2 N–H and O–H groups in total. The van der Waals surface area contributed by atoms with Crippen LogP contribution in [0.25, 0.3) is 22.2 Å². The van der Waals surface area contributed by atoms with Crippen LogP contribution in [0.2, 0.25) is 0 Å². The SMILES string of the molecule is NCCn1cc(-c2cccc3cccnc23)nn1. The Morgan fingerprint density at radius 1 is 1.17 bits per heavy atom. The fourth-order valence-corrected chi connectivity index (χ4v) is 1.97. The Bertz CT molecular complexity index is 668. The summed E-state index contributed by atoms with van der Waals surface area (Å²) >= 11 is 0. The second-order valence-corrected chi connectivity index (χ2v) is 4.04. The molecule has 0 aliphatic rings. The molecule has 0 aliphatic heterocycles. The first-order chi connectivity index (χ1) is 8.88. The minimum atomic E-state index is 0.552. The van der Waals surface area contributed by atoms with Crippen molar-refractivity contribution in [1.82, 2.24) is 20.0 Å². The van der Waals surface area contributed by atoms with Crippen LogP contribution in [-0.4, -0.2) is 26.5 Å². The number of fused-ring (bicyclic) bond motifs is 1. The largest absolute Gasteiger partial charge is 0.329 e. The zero-order chi connectivity index (χ0) is 12.4. The molecule has 3 rings (SSSR count). The molecule has 0 bridgehead atoms. The van der Waals surface area contributed by atoms with Gasteiger partial charge in [0, 0.05) is 23.7 Å². The number of para-hydroxylation sites is 1. The lowest BCUT2D eigenvalue weighted by atomic mass is 10.1. The van der Waals surface area contributed by atoms with Crippen LogP contribution < -0.4 is 5.73 Å². The van der Waals surface area contributed by atoms with Crippen LogP contribution in [-0.2, 0) is 6.54 Å². The van der Waals surface area contributed by atoms with Gasteiger partial charge in [0.05, 0.1) is 18.3 Å². The van der Waals surface area contributed by atoms with Crippen LogP contribution in [0.15, 0.2) is 42.7 Å². The molecule has 2 heterocycles. The maximum Gasteiger partial charge on any atom is 0.115 e. The molecule has 0 amide bonds. The second-order valence-electron chi connectivity index (χ2n) is 4.04. The van der Waals surface area contributed by atoms with E-state index in [1.807, 2.05) is 36.5 Å². The van der Waals surface area contributed by atoms with E-state index in [9.17, 15) is 0 Å². The van der Waals surface area contributed by atoms with Crippen LogP contribution >= 0.6 is 0 Å². The second kappa shape index (κ2) is 4.54. The molecule has 5 heteroatoms. The lowest BCUT2D eigenvalue weighted by Crippen LogP contribution is -2.10. The Hall–Kier alpha value is -2.27. The van der Waals surface area contributed by atoms with Gasteiger partial charge in [0.2, 0.25) is 0 Å². The summed E-state index contributed by atoms with van der Waals surface area (Å²) in [5, 5.41) is 9.32. The number of hydrogen-bond acceptors (Lipinski definition) is 4. The molecular formula is C13H13N5. The maximum absolute atomic E-state index is 5.50. The van der Waals surface area contributed by atoms with E-state index in [1.165, 1.54) is 0 Å². The number of pyridine rings is 1. The molecule has 1 aromatic carbocycles. The number of rotatable bonds is 3. The van der Waals surface area contributed by atoms with E-state index < -0.39 is 0 Å². The molecule has 0 unspecified atom stereocenters. The van der Waals surface area contributed by atoms with Gasteiger partial charge in [-0.2, -0.15) is 0 Å². The summed E-state index contributed by atoms with van der Waals surface area (Å²) < 4.78 is 1.75. The third kappa shape index (κ3) is 1.84. The van der Waals surface area contributed by atoms with Crippen molar-refractivity contribution in [3.8, 4) is 11.3 Å². The summed E-state index contributed by atoms with van der Waals surface area (Å²) in [6.07, 6.45) is 3.69. The molecule has 0 saturated heterocycles. The summed E-state index contributed by atoms with van der Waals surface area (Å²) in [4.78, 5) is 4.41. The molecule has 0 radical (unpaired) electrons. The average Bonchev–Trinajstić information content (AvgIpc) is 2.87. The van der Waals surface area contributed by atoms with E-state index in [2.05, 4.69) is 15.3 Å². The molecule has 18 heavy (non-hydrogen) atoms. The Kier molecular flexibility index (Phi) is 2.74. The molecule has 0 spiro atoms. The van der Waals surface area contributed by atoms with Crippen LogP contribution in [0, 0.1) is 0 Å². The van der Waals surface area contributed by atoms with Gasteiger partial charge in [-0.15, -0.1) is 5.10 Å². The zero-order valence-corrected chi connectivity index (χ0v) is 9.82. The fraction of sp³-hybridized carbons (Fsp3) is 0.154. The minimum absolute atomic E-state index is 0.552. The molecule has 3 aromatic rings. The zero-order valence-electron chi connectivity index (χ0n) is 9.82. The summed E-state index contributed by atoms with van der Waals surface area (Å²) in [7, 11) is 0. The quantitative estimate of drug-likeness (QED) is 0.751. The normalized spacial score (nSPS) is 10.9. The summed E-state index contributed by atoms with van der Waals surface area (Å²) in [5.74, 6) is 0. The molecular weight excluding hydrogens is 226 g/mol. The number of nitrogens with two attached hydrogens (primary N) is 1. The van der Waals surface area contributed by atoms with Crippen LogP contribution in [0.4, 0.5) is 0 Å². The van der Waals surface area contributed by atoms with Crippen molar-refractivity contribution in [2.45, 2.75) is 6.54 Å². The average molecular weight is 239 g/mol. The van der Waals surface area contributed by atoms with Crippen LogP contribution in [0.5, 0.6) is 0 Å². The summed E-state index contributed by atoms with van der Waals surface area (Å²) in [6, 6.07) is 10.0. The van der Waals surface area contributed by atoms with Crippen molar-refractivity contribution in [1.29, 1.82) is 0 Å². The predicted octanol–water partition coefficient (Wildman–Crippen LogP) is 1.45. The molecule has 2 aromatic heterocycles. The highest BCUT2D eigenvalue weighted by molar-refractivity contribution is 5.92. The van der Waals surface area contributed by atoms with Crippen molar-refractivity contribution in [2.24, 2.45) is 5.73 Å². The van der Waals surface area contributed by atoms with Gasteiger partial charge >= 0.3 is 0 Å². The van der Waals surface area contributed by atoms with Gasteiger partial charge in [0.25, 0.3) is 0 Å². The van der Waals surface area contributed by atoms with Crippen molar-refractivity contribution in [3.63, 3.8) is 0 Å². The standard InChI is InChI=1S/C13H13N5/c14-6-8-18-9-12(16-17-18)11-5-1-3-10-4-2-7-15-13(10)11/h1-5,7,9H,6,8,14H2. The maximum atomic E-state index is 5.50. The van der Waals surface area contributed by atoms with Gasteiger partial charge in [0.1, 0.15) is 5.69 Å². The predicted molar refractivity (Wildman–Crippen MR) is 69.8 cm³/mol.